The Morgan fingerprint density at radius 1 is 1.13 bits per heavy atom. The molecule has 4 rings (SSSR count). The van der Waals surface area contributed by atoms with E-state index in [0.29, 0.717) is 11.3 Å². The number of aryl methyl sites for hydroxylation is 1. The third kappa shape index (κ3) is 3.53. The molecule has 0 spiro atoms. The van der Waals surface area contributed by atoms with Crippen LogP contribution in [-0.4, -0.2) is 28.4 Å². The van der Waals surface area contributed by atoms with Crippen molar-refractivity contribution in [3.63, 3.8) is 0 Å². The van der Waals surface area contributed by atoms with Gasteiger partial charge in [0.15, 0.2) is 0 Å². The molecule has 0 fully saturated rings. The molecule has 8 heteroatoms. The van der Waals surface area contributed by atoms with Crippen LogP contribution < -0.4 is 0 Å². The van der Waals surface area contributed by atoms with Crippen LogP contribution in [0.2, 0.25) is 0 Å². The summed E-state index contributed by atoms with van der Waals surface area (Å²) in [7, 11) is -3.69. The van der Waals surface area contributed by atoms with E-state index in [2.05, 4.69) is 4.37 Å². The van der Waals surface area contributed by atoms with Gasteiger partial charge in [0, 0.05) is 27.9 Å². The molecule has 0 bridgehead atoms. The topological polar surface area (TPSA) is 89.3 Å². The Morgan fingerprint density at radius 3 is 2.57 bits per heavy atom. The first kappa shape index (κ1) is 20.3. The van der Waals surface area contributed by atoms with Crippen molar-refractivity contribution in [2.75, 3.05) is 0 Å². The highest BCUT2D eigenvalue weighted by Gasteiger charge is 2.25. The van der Waals surface area contributed by atoms with Crippen molar-refractivity contribution in [2.24, 2.45) is 0 Å². The van der Waals surface area contributed by atoms with Crippen molar-refractivity contribution in [1.29, 1.82) is 0 Å². The quantitative estimate of drug-likeness (QED) is 0.485. The van der Waals surface area contributed by atoms with E-state index in [0.717, 1.165) is 39.3 Å². The summed E-state index contributed by atoms with van der Waals surface area (Å²) >= 11 is 1.16. The zero-order valence-electron chi connectivity index (χ0n) is 16.5. The fourth-order valence-corrected chi connectivity index (χ4v) is 6.19. The summed E-state index contributed by atoms with van der Waals surface area (Å²) in [4.78, 5) is 12.5. The number of carboxylic acid groups (broad SMARTS) is 1. The van der Waals surface area contributed by atoms with E-state index in [9.17, 15) is 18.3 Å². The molecule has 30 heavy (non-hydrogen) atoms. The van der Waals surface area contributed by atoms with Gasteiger partial charge in [0.1, 0.15) is 11.4 Å². The standard InChI is InChI=1S/C22H20N2O4S2/c1-14-8-9-19-18(10-14)17(15(2)24(19)13-22(25)26)11-20-21(12-23-29-20)30(27,28)16-6-4-3-5-7-16/h3-10,12H,11,13H2,1-2H3,(H,25,26). The predicted molar refractivity (Wildman–Crippen MR) is 116 cm³/mol. The number of benzene rings is 2. The van der Waals surface area contributed by atoms with Gasteiger partial charge >= 0.3 is 5.97 Å². The second-order valence-electron chi connectivity index (χ2n) is 7.17. The van der Waals surface area contributed by atoms with Crippen LogP contribution in [0.3, 0.4) is 0 Å². The smallest absolute Gasteiger partial charge is 0.323 e. The van der Waals surface area contributed by atoms with Crippen molar-refractivity contribution in [2.45, 2.75) is 36.6 Å². The maximum absolute atomic E-state index is 13.1. The third-order valence-corrected chi connectivity index (χ3v) is 7.94. The van der Waals surface area contributed by atoms with E-state index in [1.54, 1.807) is 34.9 Å². The summed E-state index contributed by atoms with van der Waals surface area (Å²) in [5.41, 5.74) is 3.61. The van der Waals surface area contributed by atoms with Gasteiger partial charge in [-0.2, -0.15) is 4.37 Å². The highest BCUT2D eigenvalue weighted by atomic mass is 32.2. The molecule has 1 N–H and O–H groups in total. The van der Waals surface area contributed by atoms with E-state index in [1.807, 2.05) is 32.0 Å². The summed E-state index contributed by atoms with van der Waals surface area (Å²) in [6.45, 7) is 3.70. The van der Waals surface area contributed by atoms with E-state index in [-0.39, 0.29) is 16.3 Å². The Bertz CT molecular complexity index is 1350. The summed E-state index contributed by atoms with van der Waals surface area (Å²) in [6.07, 6.45) is 1.77. The van der Waals surface area contributed by atoms with Gasteiger partial charge in [-0.25, -0.2) is 8.42 Å². The summed E-state index contributed by atoms with van der Waals surface area (Å²) in [5.74, 6) is -0.924. The lowest BCUT2D eigenvalue weighted by molar-refractivity contribution is -0.137. The van der Waals surface area contributed by atoms with E-state index in [1.165, 1.54) is 6.20 Å². The number of hydrogen-bond acceptors (Lipinski definition) is 5. The molecule has 2 aromatic carbocycles. The third-order valence-electron chi connectivity index (χ3n) is 5.19. The number of aliphatic carboxylic acids is 1. The van der Waals surface area contributed by atoms with Crippen molar-refractivity contribution in [3.8, 4) is 0 Å². The van der Waals surface area contributed by atoms with Gasteiger partial charge in [0.2, 0.25) is 9.84 Å². The molecule has 154 valence electrons. The molecular formula is C22H20N2O4S2. The average molecular weight is 441 g/mol. The molecule has 6 nitrogen and oxygen atoms in total. The second kappa shape index (κ2) is 7.70. The maximum Gasteiger partial charge on any atom is 0.323 e. The first-order chi connectivity index (χ1) is 14.3. The minimum atomic E-state index is -3.69. The summed E-state index contributed by atoms with van der Waals surface area (Å²) in [6, 6.07) is 14.2. The lowest BCUT2D eigenvalue weighted by Gasteiger charge is -2.07. The van der Waals surface area contributed by atoms with Gasteiger partial charge in [-0.3, -0.25) is 4.79 Å². The van der Waals surface area contributed by atoms with Gasteiger partial charge in [0.25, 0.3) is 0 Å². The summed E-state index contributed by atoms with van der Waals surface area (Å²) in [5, 5.41) is 10.3. The largest absolute Gasteiger partial charge is 0.480 e. The van der Waals surface area contributed by atoms with Crippen LogP contribution in [0.1, 0.15) is 21.7 Å². The van der Waals surface area contributed by atoms with Gasteiger partial charge < -0.3 is 9.67 Å². The van der Waals surface area contributed by atoms with Crippen molar-refractivity contribution < 1.29 is 18.3 Å². The maximum atomic E-state index is 13.1. The van der Waals surface area contributed by atoms with Gasteiger partial charge in [-0.1, -0.05) is 29.8 Å². The fraction of sp³-hybridized carbons (Fsp3) is 0.182. The molecule has 2 aromatic heterocycles. The predicted octanol–water partition coefficient (Wildman–Crippen LogP) is 4.22. The van der Waals surface area contributed by atoms with Crippen LogP contribution >= 0.6 is 11.5 Å². The van der Waals surface area contributed by atoms with E-state index in [4.69, 9.17) is 0 Å². The number of hydrogen-bond donors (Lipinski definition) is 1. The number of aromatic nitrogens is 2. The molecule has 0 saturated heterocycles. The highest BCUT2D eigenvalue weighted by molar-refractivity contribution is 7.91. The van der Waals surface area contributed by atoms with E-state index >= 15 is 0 Å². The molecule has 0 amide bonds. The Morgan fingerprint density at radius 2 is 1.87 bits per heavy atom. The molecule has 0 aliphatic carbocycles. The second-order valence-corrected chi connectivity index (χ2v) is 9.98. The molecule has 0 saturated carbocycles. The number of carboxylic acids is 1. The molecule has 4 aromatic rings. The Kier molecular flexibility index (Phi) is 5.21. The first-order valence-corrected chi connectivity index (χ1v) is 11.6. The SMILES string of the molecule is Cc1ccc2c(c1)c(Cc1sncc1S(=O)(=O)c1ccccc1)c(C)n2CC(=O)O. The Hall–Kier alpha value is -2.97. The van der Waals surface area contributed by atoms with Crippen LogP contribution in [0.5, 0.6) is 0 Å². The Balaban J connectivity index is 1.84. The van der Waals surface area contributed by atoms with Crippen molar-refractivity contribution in [3.05, 3.63) is 76.4 Å². The van der Waals surface area contributed by atoms with Gasteiger partial charge in [-0.05, 0) is 55.2 Å². The normalized spacial score (nSPS) is 11.8. The number of fused-ring (bicyclic) bond motifs is 1. The lowest BCUT2D eigenvalue weighted by Crippen LogP contribution is -2.10. The monoisotopic (exact) mass is 440 g/mol. The number of nitrogens with zero attached hydrogens (tertiary/aromatic N) is 2. The number of rotatable bonds is 6. The molecule has 0 aliphatic heterocycles. The number of sulfone groups is 1. The minimum Gasteiger partial charge on any atom is -0.480 e. The first-order valence-electron chi connectivity index (χ1n) is 9.33. The van der Waals surface area contributed by atoms with Gasteiger partial charge in [-0.15, -0.1) is 0 Å². The van der Waals surface area contributed by atoms with Crippen molar-refractivity contribution in [1.82, 2.24) is 8.94 Å². The molecule has 0 unspecified atom stereocenters. The van der Waals surface area contributed by atoms with E-state index < -0.39 is 15.8 Å². The van der Waals surface area contributed by atoms with Crippen LogP contribution in [-0.2, 0) is 27.6 Å². The fourth-order valence-electron chi connectivity index (χ4n) is 3.71. The van der Waals surface area contributed by atoms with Crippen LogP contribution in [0.25, 0.3) is 10.9 Å². The molecule has 0 aliphatic rings. The number of carbonyl (C=O) groups is 1. The zero-order chi connectivity index (χ0) is 21.5. The molecular weight excluding hydrogens is 420 g/mol. The summed E-state index contributed by atoms with van der Waals surface area (Å²) < 4.78 is 32.2. The van der Waals surface area contributed by atoms with Gasteiger partial charge in [0.05, 0.1) is 11.1 Å². The highest BCUT2D eigenvalue weighted by Crippen LogP contribution is 2.33. The molecule has 2 heterocycles. The van der Waals surface area contributed by atoms with Crippen molar-refractivity contribution >= 4 is 38.2 Å². The zero-order valence-corrected chi connectivity index (χ0v) is 18.1. The molecule has 0 radical (unpaired) electrons. The Labute approximate surface area is 178 Å². The lowest BCUT2D eigenvalue weighted by atomic mass is 10.1. The van der Waals surface area contributed by atoms with Crippen LogP contribution in [0.15, 0.2) is 64.5 Å². The average Bonchev–Trinajstić information content (AvgIpc) is 3.28. The minimum absolute atomic E-state index is 0.150. The van der Waals surface area contributed by atoms with Crippen LogP contribution in [0, 0.1) is 13.8 Å². The molecule has 0 atom stereocenters. The van der Waals surface area contributed by atoms with Crippen LogP contribution in [0.4, 0.5) is 0 Å².